The molecule has 1 N–H and O–H groups in total. The lowest BCUT2D eigenvalue weighted by Gasteiger charge is -2.19. The fourth-order valence-corrected chi connectivity index (χ4v) is 2.08. The van der Waals surface area contributed by atoms with Crippen LogP contribution in [0.5, 0.6) is 5.75 Å². The summed E-state index contributed by atoms with van der Waals surface area (Å²) in [5.74, 6) is 1.57. The van der Waals surface area contributed by atoms with Crippen LogP contribution in [-0.2, 0) is 13.2 Å². The molecule has 0 spiro atoms. The molecule has 0 aliphatic rings. The molecule has 0 saturated heterocycles. The fourth-order valence-electron chi connectivity index (χ4n) is 1.74. The van der Waals surface area contributed by atoms with E-state index in [9.17, 15) is 0 Å². The zero-order valence-corrected chi connectivity index (χ0v) is 14.5. The first-order valence-corrected chi connectivity index (χ1v) is 7.71. The van der Waals surface area contributed by atoms with Crippen LogP contribution in [0.15, 0.2) is 33.3 Å². The van der Waals surface area contributed by atoms with Crippen LogP contribution in [0, 0.1) is 6.92 Å². The van der Waals surface area contributed by atoms with E-state index in [1.165, 1.54) is 0 Å². The Morgan fingerprint density at radius 3 is 2.76 bits per heavy atom. The van der Waals surface area contributed by atoms with Crippen molar-refractivity contribution in [3.05, 3.63) is 45.8 Å². The van der Waals surface area contributed by atoms with E-state index in [2.05, 4.69) is 47.2 Å². The highest BCUT2D eigenvalue weighted by Crippen LogP contribution is 2.23. The van der Waals surface area contributed by atoms with Gasteiger partial charge in [-0.2, -0.15) is 0 Å². The van der Waals surface area contributed by atoms with Crippen molar-refractivity contribution in [2.75, 3.05) is 0 Å². The van der Waals surface area contributed by atoms with Gasteiger partial charge >= 0.3 is 0 Å². The molecule has 0 fully saturated rings. The molecular weight excluding hydrogens is 332 g/mol. The number of halogens is 1. The first kappa shape index (κ1) is 16.0. The van der Waals surface area contributed by atoms with Gasteiger partial charge in [0.05, 0.1) is 5.69 Å². The Balaban J connectivity index is 1.92. The van der Waals surface area contributed by atoms with Crippen molar-refractivity contribution < 1.29 is 9.26 Å². The number of hydrogen-bond donors (Lipinski definition) is 1. The van der Waals surface area contributed by atoms with Gasteiger partial charge in [-0.15, -0.1) is 0 Å². The van der Waals surface area contributed by atoms with E-state index in [-0.39, 0.29) is 5.54 Å². The van der Waals surface area contributed by atoms with Crippen LogP contribution in [0.4, 0.5) is 0 Å². The van der Waals surface area contributed by atoms with Crippen LogP contribution in [0.25, 0.3) is 0 Å². The molecule has 0 aliphatic heterocycles. The standard InChI is InChI=1S/C16H21BrN2O2/c1-11-5-6-12(17)7-15(11)20-10-14-8-13(19-21-14)9-18-16(2,3)4/h5-8,18H,9-10H2,1-4H3. The fraction of sp³-hybridized carbons (Fsp3) is 0.438. The number of rotatable bonds is 5. The van der Waals surface area contributed by atoms with Crippen molar-refractivity contribution in [1.82, 2.24) is 10.5 Å². The molecule has 2 aromatic rings. The molecule has 0 atom stereocenters. The summed E-state index contributed by atoms with van der Waals surface area (Å²) in [5.41, 5.74) is 2.03. The zero-order chi connectivity index (χ0) is 15.5. The molecule has 5 heteroatoms. The molecule has 4 nitrogen and oxygen atoms in total. The Kier molecular flexibility index (Phi) is 5.06. The predicted molar refractivity (Wildman–Crippen MR) is 86.3 cm³/mol. The summed E-state index contributed by atoms with van der Waals surface area (Å²) in [6, 6.07) is 7.88. The topological polar surface area (TPSA) is 47.3 Å². The van der Waals surface area contributed by atoms with Gasteiger partial charge in [-0.25, -0.2) is 0 Å². The molecule has 0 amide bonds. The maximum absolute atomic E-state index is 5.78. The van der Waals surface area contributed by atoms with E-state index in [4.69, 9.17) is 9.26 Å². The molecule has 2 rings (SSSR count). The van der Waals surface area contributed by atoms with E-state index < -0.39 is 0 Å². The van der Waals surface area contributed by atoms with Crippen molar-refractivity contribution in [2.45, 2.75) is 46.4 Å². The maximum atomic E-state index is 5.78. The highest BCUT2D eigenvalue weighted by atomic mass is 79.9. The average Bonchev–Trinajstić information content (AvgIpc) is 2.85. The minimum absolute atomic E-state index is 0.0586. The Labute approximate surface area is 134 Å². The van der Waals surface area contributed by atoms with Gasteiger partial charge in [-0.3, -0.25) is 0 Å². The number of hydrogen-bond acceptors (Lipinski definition) is 4. The number of nitrogens with one attached hydrogen (secondary N) is 1. The third-order valence-corrected chi connectivity index (χ3v) is 3.42. The SMILES string of the molecule is Cc1ccc(Br)cc1OCc1cc(CNC(C)(C)C)no1. The van der Waals surface area contributed by atoms with E-state index in [0.29, 0.717) is 13.2 Å². The van der Waals surface area contributed by atoms with E-state index in [1.54, 1.807) is 0 Å². The monoisotopic (exact) mass is 352 g/mol. The lowest BCUT2D eigenvalue weighted by molar-refractivity contribution is 0.246. The number of nitrogens with zero attached hydrogens (tertiary/aromatic N) is 1. The molecular formula is C16H21BrN2O2. The molecule has 1 aromatic heterocycles. The quantitative estimate of drug-likeness (QED) is 0.875. The van der Waals surface area contributed by atoms with Crippen LogP contribution >= 0.6 is 15.9 Å². The van der Waals surface area contributed by atoms with Crippen molar-refractivity contribution in [3.8, 4) is 5.75 Å². The molecule has 0 saturated carbocycles. The predicted octanol–water partition coefficient (Wildman–Crippen LogP) is 4.21. The highest BCUT2D eigenvalue weighted by Gasteiger charge is 2.11. The second kappa shape index (κ2) is 6.62. The number of benzene rings is 1. The van der Waals surface area contributed by atoms with Gasteiger partial charge in [0.25, 0.3) is 0 Å². The minimum Gasteiger partial charge on any atom is -0.485 e. The molecule has 1 aromatic carbocycles. The van der Waals surface area contributed by atoms with Gasteiger partial charge < -0.3 is 14.6 Å². The Morgan fingerprint density at radius 2 is 2.05 bits per heavy atom. The molecule has 114 valence electrons. The van der Waals surface area contributed by atoms with Gasteiger partial charge in [0, 0.05) is 22.6 Å². The molecule has 0 bridgehead atoms. The Bertz CT molecular complexity index is 603. The van der Waals surface area contributed by atoms with Gasteiger partial charge in [0.2, 0.25) is 0 Å². The molecule has 1 heterocycles. The third-order valence-electron chi connectivity index (χ3n) is 2.93. The number of aromatic nitrogens is 1. The summed E-state index contributed by atoms with van der Waals surface area (Å²) >= 11 is 3.44. The van der Waals surface area contributed by atoms with Crippen LogP contribution in [0.2, 0.25) is 0 Å². The number of ether oxygens (including phenoxy) is 1. The van der Waals surface area contributed by atoms with Gasteiger partial charge in [-0.05, 0) is 45.4 Å². The summed E-state index contributed by atoms with van der Waals surface area (Å²) in [7, 11) is 0. The van der Waals surface area contributed by atoms with Crippen molar-refractivity contribution >= 4 is 15.9 Å². The zero-order valence-electron chi connectivity index (χ0n) is 12.9. The Morgan fingerprint density at radius 1 is 1.29 bits per heavy atom. The average molecular weight is 353 g/mol. The van der Waals surface area contributed by atoms with Crippen LogP contribution in [0.3, 0.4) is 0 Å². The minimum atomic E-state index is 0.0586. The van der Waals surface area contributed by atoms with Crippen molar-refractivity contribution in [3.63, 3.8) is 0 Å². The Hall–Kier alpha value is -1.33. The van der Waals surface area contributed by atoms with Crippen molar-refractivity contribution in [2.24, 2.45) is 0 Å². The molecule has 21 heavy (non-hydrogen) atoms. The summed E-state index contributed by atoms with van der Waals surface area (Å²) in [4.78, 5) is 0. The van der Waals surface area contributed by atoms with Crippen LogP contribution in [0.1, 0.15) is 37.8 Å². The lowest BCUT2D eigenvalue weighted by atomic mass is 10.1. The van der Waals surface area contributed by atoms with Gasteiger partial charge in [0.1, 0.15) is 12.4 Å². The maximum Gasteiger partial charge on any atom is 0.174 e. The van der Waals surface area contributed by atoms with Crippen LogP contribution < -0.4 is 10.1 Å². The largest absolute Gasteiger partial charge is 0.485 e. The summed E-state index contributed by atoms with van der Waals surface area (Å²) in [6.45, 7) is 9.43. The molecule has 0 aliphatic carbocycles. The second-order valence-corrected chi connectivity index (χ2v) is 7.00. The third kappa shape index (κ3) is 5.17. The summed E-state index contributed by atoms with van der Waals surface area (Å²) < 4.78 is 12.1. The van der Waals surface area contributed by atoms with E-state index >= 15 is 0 Å². The number of aryl methyl sites for hydroxylation is 1. The highest BCUT2D eigenvalue weighted by molar-refractivity contribution is 9.10. The van der Waals surface area contributed by atoms with E-state index in [0.717, 1.165) is 27.2 Å². The van der Waals surface area contributed by atoms with Crippen LogP contribution in [-0.4, -0.2) is 10.7 Å². The summed E-state index contributed by atoms with van der Waals surface area (Å²) in [5, 5.41) is 7.42. The van der Waals surface area contributed by atoms with Gasteiger partial charge in [-0.1, -0.05) is 27.2 Å². The first-order valence-electron chi connectivity index (χ1n) is 6.92. The van der Waals surface area contributed by atoms with Gasteiger partial charge in [0.15, 0.2) is 5.76 Å². The molecule has 0 unspecified atom stereocenters. The van der Waals surface area contributed by atoms with Crippen molar-refractivity contribution in [1.29, 1.82) is 0 Å². The normalized spacial score (nSPS) is 11.7. The second-order valence-electron chi connectivity index (χ2n) is 6.09. The summed E-state index contributed by atoms with van der Waals surface area (Å²) in [6.07, 6.45) is 0. The smallest absolute Gasteiger partial charge is 0.174 e. The molecule has 0 radical (unpaired) electrons. The van der Waals surface area contributed by atoms with E-state index in [1.807, 2.05) is 31.2 Å². The first-order chi connectivity index (χ1) is 9.83. The lowest BCUT2D eigenvalue weighted by Crippen LogP contribution is -2.35.